The Kier molecular flexibility index (Phi) is 6.00. The van der Waals surface area contributed by atoms with Crippen LogP contribution in [0.25, 0.3) is 10.2 Å². The first kappa shape index (κ1) is 22.4. The van der Waals surface area contributed by atoms with Gasteiger partial charge in [-0.3, -0.25) is 9.59 Å². The molecule has 1 saturated heterocycles. The highest BCUT2D eigenvalue weighted by atomic mass is 32.1. The van der Waals surface area contributed by atoms with E-state index in [0.29, 0.717) is 37.4 Å². The molecule has 0 radical (unpaired) electrons. The van der Waals surface area contributed by atoms with E-state index >= 15 is 0 Å². The third-order valence-corrected chi connectivity index (χ3v) is 7.57. The molecule has 5 nitrogen and oxygen atoms in total. The molecule has 174 valence electrons. The van der Waals surface area contributed by atoms with Crippen molar-refractivity contribution in [2.24, 2.45) is 0 Å². The van der Waals surface area contributed by atoms with Gasteiger partial charge in [-0.25, -0.2) is 0 Å². The first-order valence-electron chi connectivity index (χ1n) is 11.7. The number of aromatic nitrogens is 1. The Labute approximate surface area is 204 Å². The van der Waals surface area contributed by atoms with Crippen LogP contribution in [0.3, 0.4) is 0 Å². The van der Waals surface area contributed by atoms with Gasteiger partial charge < -0.3 is 14.4 Å². The highest BCUT2D eigenvalue weighted by Crippen LogP contribution is 2.28. The fraction of sp³-hybridized carbons (Fsp3) is 0.286. The molecule has 6 heteroatoms. The molecule has 0 unspecified atom stereocenters. The molecule has 1 atom stereocenters. The highest BCUT2D eigenvalue weighted by Gasteiger charge is 2.32. The molecule has 0 saturated carbocycles. The second-order valence-corrected chi connectivity index (χ2v) is 10.1. The quantitative estimate of drug-likeness (QED) is 0.403. The fourth-order valence-electron chi connectivity index (χ4n) is 4.77. The normalized spacial score (nSPS) is 16.3. The number of benzene rings is 2. The summed E-state index contributed by atoms with van der Waals surface area (Å²) in [5.41, 5.74) is 4.94. The summed E-state index contributed by atoms with van der Waals surface area (Å²) in [6, 6.07) is 20.2. The van der Waals surface area contributed by atoms with Crippen molar-refractivity contribution in [1.29, 1.82) is 0 Å². The number of rotatable bonds is 4. The molecule has 1 fully saturated rings. The number of fused-ring (bicyclic) bond motifs is 1. The average molecular weight is 472 g/mol. The minimum Gasteiger partial charge on any atom is -0.334 e. The lowest BCUT2D eigenvalue weighted by atomic mass is 10.1. The predicted molar refractivity (Wildman–Crippen MR) is 138 cm³/mol. The van der Waals surface area contributed by atoms with Crippen molar-refractivity contribution >= 4 is 33.4 Å². The van der Waals surface area contributed by atoms with E-state index in [-0.39, 0.29) is 17.9 Å². The van der Waals surface area contributed by atoms with E-state index in [1.54, 1.807) is 11.3 Å². The number of amides is 2. The van der Waals surface area contributed by atoms with Crippen LogP contribution in [0, 0.1) is 13.8 Å². The van der Waals surface area contributed by atoms with Crippen LogP contribution in [0.15, 0.2) is 66.0 Å². The Morgan fingerprint density at radius 1 is 0.941 bits per heavy atom. The minimum atomic E-state index is -0.0483. The summed E-state index contributed by atoms with van der Waals surface area (Å²) in [5.74, 6) is 0.0632. The largest absolute Gasteiger partial charge is 0.334 e. The third kappa shape index (κ3) is 4.26. The maximum atomic E-state index is 13.7. The van der Waals surface area contributed by atoms with Crippen LogP contribution in [-0.2, 0) is 6.54 Å². The van der Waals surface area contributed by atoms with E-state index in [1.165, 1.54) is 11.1 Å². The molecule has 0 N–H and O–H groups in total. The van der Waals surface area contributed by atoms with Gasteiger partial charge in [0.25, 0.3) is 11.8 Å². The van der Waals surface area contributed by atoms with Crippen molar-refractivity contribution in [2.75, 3.05) is 19.6 Å². The average Bonchev–Trinajstić information content (AvgIpc) is 3.41. The molecule has 1 aliphatic rings. The van der Waals surface area contributed by atoms with E-state index in [0.717, 1.165) is 15.8 Å². The van der Waals surface area contributed by atoms with E-state index in [9.17, 15) is 9.59 Å². The summed E-state index contributed by atoms with van der Waals surface area (Å²) >= 11 is 1.67. The number of aryl methyl sites for hydroxylation is 2. The molecule has 2 amide bonds. The van der Waals surface area contributed by atoms with Crippen LogP contribution in [0.2, 0.25) is 0 Å². The Bertz CT molecular complexity index is 1350. The van der Waals surface area contributed by atoms with Crippen molar-refractivity contribution in [3.8, 4) is 0 Å². The van der Waals surface area contributed by atoms with Crippen LogP contribution in [-0.4, -0.2) is 51.9 Å². The Morgan fingerprint density at radius 2 is 1.74 bits per heavy atom. The highest BCUT2D eigenvalue weighted by molar-refractivity contribution is 7.16. The van der Waals surface area contributed by atoms with Crippen molar-refractivity contribution in [1.82, 2.24) is 14.4 Å². The molecule has 2 aromatic heterocycles. The zero-order chi connectivity index (χ0) is 23.8. The number of hydrogen-bond donors (Lipinski definition) is 0. The molecular formula is C28H29N3O2S. The van der Waals surface area contributed by atoms with E-state index in [1.807, 2.05) is 54.0 Å². The van der Waals surface area contributed by atoms with Gasteiger partial charge in [0.05, 0.1) is 0 Å². The second-order valence-electron chi connectivity index (χ2n) is 9.25. The maximum Gasteiger partial charge on any atom is 0.270 e. The number of nitrogens with zero attached hydrogens (tertiary/aromatic N) is 3. The SMILES string of the molecule is Cc1ccc(C(=O)N2CCN(C(=O)c3cc4ccsc4n3Cc3cccc(C)c3)C[C@H]2C)cc1. The van der Waals surface area contributed by atoms with Gasteiger partial charge in [-0.05, 0) is 56.0 Å². The van der Waals surface area contributed by atoms with E-state index in [4.69, 9.17) is 0 Å². The molecular weight excluding hydrogens is 442 g/mol. The smallest absolute Gasteiger partial charge is 0.270 e. The van der Waals surface area contributed by atoms with Crippen LogP contribution < -0.4 is 0 Å². The van der Waals surface area contributed by atoms with Crippen molar-refractivity contribution in [3.63, 3.8) is 0 Å². The van der Waals surface area contributed by atoms with Gasteiger partial charge in [-0.15, -0.1) is 11.3 Å². The number of thiophene rings is 1. The van der Waals surface area contributed by atoms with Crippen LogP contribution >= 0.6 is 11.3 Å². The Morgan fingerprint density at radius 3 is 2.47 bits per heavy atom. The standard InChI is InChI=1S/C28H29N3O2S/c1-19-7-9-23(10-8-19)26(32)30-13-12-29(17-21(30)3)27(33)25-16-24-11-14-34-28(24)31(25)18-22-6-4-5-20(2)15-22/h4-11,14-16,21H,12-13,17-18H2,1-3H3/t21-/m1/s1. The summed E-state index contributed by atoms with van der Waals surface area (Å²) in [7, 11) is 0. The molecule has 0 spiro atoms. The van der Waals surface area contributed by atoms with Gasteiger partial charge in [0.1, 0.15) is 10.5 Å². The van der Waals surface area contributed by atoms with Crippen LogP contribution in [0.1, 0.15) is 44.5 Å². The molecule has 2 aromatic carbocycles. The molecule has 3 heterocycles. The zero-order valence-corrected chi connectivity index (χ0v) is 20.6. The summed E-state index contributed by atoms with van der Waals surface area (Å²) in [6.07, 6.45) is 0. The topological polar surface area (TPSA) is 45.6 Å². The van der Waals surface area contributed by atoms with Gasteiger partial charge in [-0.1, -0.05) is 47.5 Å². The number of carbonyl (C=O) groups is 2. The lowest BCUT2D eigenvalue weighted by molar-refractivity contribution is 0.0409. The van der Waals surface area contributed by atoms with Gasteiger partial charge in [0.2, 0.25) is 0 Å². The maximum absolute atomic E-state index is 13.7. The van der Waals surface area contributed by atoms with E-state index in [2.05, 4.69) is 47.2 Å². The van der Waals surface area contributed by atoms with Gasteiger partial charge in [0.15, 0.2) is 0 Å². The summed E-state index contributed by atoms with van der Waals surface area (Å²) in [6.45, 7) is 8.38. The van der Waals surface area contributed by atoms with Gasteiger partial charge >= 0.3 is 0 Å². The van der Waals surface area contributed by atoms with Crippen LogP contribution in [0.4, 0.5) is 0 Å². The van der Waals surface area contributed by atoms with Crippen molar-refractivity contribution in [3.05, 3.63) is 94.0 Å². The fourth-order valence-corrected chi connectivity index (χ4v) is 5.67. The summed E-state index contributed by atoms with van der Waals surface area (Å²) < 4.78 is 2.14. The molecule has 34 heavy (non-hydrogen) atoms. The second kappa shape index (κ2) is 9.11. The third-order valence-electron chi connectivity index (χ3n) is 6.62. The number of carbonyl (C=O) groups excluding carboxylic acids is 2. The van der Waals surface area contributed by atoms with Crippen molar-refractivity contribution < 1.29 is 9.59 Å². The number of hydrogen-bond acceptors (Lipinski definition) is 3. The lowest BCUT2D eigenvalue weighted by Crippen LogP contribution is -2.55. The zero-order valence-electron chi connectivity index (χ0n) is 19.8. The molecule has 0 aliphatic carbocycles. The van der Waals surface area contributed by atoms with Gasteiger partial charge in [0, 0.05) is 43.2 Å². The number of piperazine rings is 1. The Balaban J connectivity index is 1.36. The molecule has 1 aliphatic heterocycles. The predicted octanol–water partition coefficient (Wildman–Crippen LogP) is 5.35. The first-order chi connectivity index (χ1) is 16.4. The van der Waals surface area contributed by atoms with Crippen LogP contribution in [0.5, 0.6) is 0 Å². The molecule has 5 rings (SSSR count). The monoisotopic (exact) mass is 471 g/mol. The Hall–Kier alpha value is -3.38. The first-order valence-corrected chi connectivity index (χ1v) is 12.6. The van der Waals surface area contributed by atoms with Gasteiger partial charge in [-0.2, -0.15) is 0 Å². The molecule has 0 bridgehead atoms. The molecule has 4 aromatic rings. The van der Waals surface area contributed by atoms with Crippen molar-refractivity contribution in [2.45, 2.75) is 33.4 Å². The lowest BCUT2D eigenvalue weighted by Gasteiger charge is -2.40. The summed E-state index contributed by atoms with van der Waals surface area (Å²) in [4.78, 5) is 31.6. The summed E-state index contributed by atoms with van der Waals surface area (Å²) in [5, 5.41) is 3.17. The van der Waals surface area contributed by atoms with E-state index < -0.39 is 0 Å². The minimum absolute atomic E-state index is 0.0305.